The molecular formula is C32H31Cl2FN6O6S. The summed E-state index contributed by atoms with van der Waals surface area (Å²) >= 11 is 12.1. The molecule has 0 spiro atoms. The molecule has 0 radical (unpaired) electrons. The summed E-state index contributed by atoms with van der Waals surface area (Å²) in [4.78, 5) is 44.3. The number of nitrogens with zero attached hydrogens (tertiary/aromatic N) is 4. The molecule has 16 heteroatoms. The molecule has 5 rings (SSSR count). The van der Waals surface area contributed by atoms with Crippen molar-refractivity contribution in [1.29, 1.82) is 5.26 Å². The first-order valence-corrected chi connectivity index (χ1v) is 17.2. The lowest BCUT2D eigenvalue weighted by Crippen LogP contribution is -2.51. The molecule has 2 saturated heterocycles. The van der Waals surface area contributed by atoms with E-state index in [1.54, 1.807) is 24.3 Å². The second kappa shape index (κ2) is 15.0. The molecule has 2 aliphatic rings. The number of nitrogens with one attached hydrogen (secondary N) is 2. The molecule has 2 aromatic carbocycles. The lowest BCUT2D eigenvalue weighted by Gasteiger charge is -2.33. The molecule has 3 heterocycles. The minimum Gasteiger partial charge on any atom is -0.480 e. The summed E-state index contributed by atoms with van der Waals surface area (Å²) in [6.45, 7) is 0.735. The molecule has 3 aromatic rings. The Kier molecular flexibility index (Phi) is 11.0. The molecule has 3 N–H and O–H groups in total. The van der Waals surface area contributed by atoms with E-state index in [9.17, 15) is 37.6 Å². The highest BCUT2D eigenvalue weighted by molar-refractivity contribution is 7.89. The van der Waals surface area contributed by atoms with E-state index in [1.807, 2.05) is 11.0 Å². The van der Waals surface area contributed by atoms with Crippen molar-refractivity contribution in [1.82, 2.24) is 19.5 Å². The molecule has 0 aliphatic carbocycles. The highest BCUT2D eigenvalue weighted by Crippen LogP contribution is 2.31. The number of piperidine rings is 1. The van der Waals surface area contributed by atoms with Gasteiger partial charge in [0.25, 0.3) is 5.91 Å². The molecule has 0 bridgehead atoms. The number of nitriles is 1. The van der Waals surface area contributed by atoms with Crippen molar-refractivity contribution in [3.63, 3.8) is 0 Å². The van der Waals surface area contributed by atoms with Crippen LogP contribution in [0.2, 0.25) is 10.0 Å². The van der Waals surface area contributed by atoms with Gasteiger partial charge in [0.1, 0.15) is 18.3 Å². The van der Waals surface area contributed by atoms with Gasteiger partial charge < -0.3 is 15.7 Å². The average Bonchev–Trinajstić information content (AvgIpc) is 3.52. The Labute approximate surface area is 286 Å². The number of halogens is 3. The summed E-state index contributed by atoms with van der Waals surface area (Å²) in [5.41, 5.74) is 1.05. The van der Waals surface area contributed by atoms with Gasteiger partial charge in [-0.25, -0.2) is 17.6 Å². The lowest BCUT2D eigenvalue weighted by molar-refractivity contribution is -0.142. The minimum atomic E-state index is -4.28. The van der Waals surface area contributed by atoms with Gasteiger partial charge in [-0.15, -0.1) is 0 Å². The van der Waals surface area contributed by atoms with Crippen LogP contribution >= 0.6 is 23.2 Å². The summed E-state index contributed by atoms with van der Waals surface area (Å²) in [5, 5.41) is 24.6. The third-order valence-corrected chi connectivity index (χ3v) is 10.9. The largest absolute Gasteiger partial charge is 0.480 e. The number of carbonyl (C=O) groups excluding carboxylic acids is 2. The number of likely N-dealkylation sites (tertiary alicyclic amines) is 1. The fourth-order valence-electron chi connectivity index (χ4n) is 5.90. The number of anilines is 1. The van der Waals surface area contributed by atoms with Gasteiger partial charge in [0.05, 0.1) is 32.1 Å². The Bertz CT molecular complexity index is 1830. The fourth-order valence-corrected chi connectivity index (χ4v) is 8.12. The maximum Gasteiger partial charge on any atom is 0.326 e. The first kappa shape index (κ1) is 35.2. The molecule has 2 amide bonds. The number of pyridine rings is 1. The Hall–Kier alpha value is -4.13. The number of alkyl halides is 1. The third-order valence-electron chi connectivity index (χ3n) is 8.43. The molecule has 0 saturated carbocycles. The maximum atomic E-state index is 13.9. The molecule has 12 nitrogen and oxygen atoms in total. The van der Waals surface area contributed by atoms with Crippen molar-refractivity contribution in [3.8, 4) is 6.07 Å². The average molecular weight is 718 g/mol. The number of rotatable bonds is 10. The van der Waals surface area contributed by atoms with Crippen LogP contribution in [0.3, 0.4) is 0 Å². The van der Waals surface area contributed by atoms with Crippen LogP contribution < -0.4 is 10.6 Å². The van der Waals surface area contributed by atoms with Gasteiger partial charge in [0.2, 0.25) is 15.9 Å². The van der Waals surface area contributed by atoms with E-state index in [-0.39, 0.29) is 45.5 Å². The van der Waals surface area contributed by atoms with E-state index in [4.69, 9.17) is 23.2 Å². The van der Waals surface area contributed by atoms with Gasteiger partial charge >= 0.3 is 5.97 Å². The number of carboxylic acids is 1. The quantitative estimate of drug-likeness (QED) is 0.281. The Morgan fingerprint density at radius 3 is 2.38 bits per heavy atom. The molecule has 48 heavy (non-hydrogen) atoms. The van der Waals surface area contributed by atoms with Crippen molar-refractivity contribution in [2.45, 2.75) is 54.9 Å². The summed E-state index contributed by atoms with van der Waals surface area (Å²) in [5.74, 6) is -2.70. The minimum absolute atomic E-state index is 0.0425. The van der Waals surface area contributed by atoms with E-state index >= 15 is 0 Å². The number of aliphatic carboxylic acids is 1. The standard InChI is InChI=1S/C32H31Cl2FN6O6S/c33-25-16-37-17-26(34)29(25)31(43)38-22-6-4-19(5-7-22)13-27(32(44)45)39-30(42)28-14-23(40-10-8-21(35)9-11-40)18-41(28)48(46,47)24-3-1-2-20(12-24)15-36/h1-7,12,16-17,21,23,27-28H,8-11,13-14,18H2,(H,38,43)(H,39,42)(H,44,45)/t23-,27+,28+/m1/s1. The lowest BCUT2D eigenvalue weighted by atomic mass is 10.0. The van der Waals surface area contributed by atoms with Gasteiger partial charge in [0.15, 0.2) is 0 Å². The van der Waals surface area contributed by atoms with Crippen LogP contribution in [0.5, 0.6) is 0 Å². The normalized spacial score (nSPS) is 19.7. The zero-order valence-electron chi connectivity index (χ0n) is 25.4. The van der Waals surface area contributed by atoms with Crippen LogP contribution in [0.15, 0.2) is 65.8 Å². The van der Waals surface area contributed by atoms with Crippen LogP contribution in [-0.2, 0) is 26.0 Å². The number of benzene rings is 2. The van der Waals surface area contributed by atoms with E-state index in [0.717, 1.165) is 4.31 Å². The first-order chi connectivity index (χ1) is 22.9. The molecule has 1 aromatic heterocycles. The van der Waals surface area contributed by atoms with Crippen LogP contribution in [0, 0.1) is 11.3 Å². The van der Waals surface area contributed by atoms with Gasteiger partial charge in [0, 0.05) is 50.2 Å². The molecular weight excluding hydrogens is 686 g/mol. The van der Waals surface area contributed by atoms with Gasteiger partial charge in [-0.05, 0) is 55.2 Å². The zero-order valence-corrected chi connectivity index (χ0v) is 27.7. The van der Waals surface area contributed by atoms with Gasteiger partial charge in [-0.3, -0.25) is 19.5 Å². The first-order valence-electron chi connectivity index (χ1n) is 15.0. The Morgan fingerprint density at radius 1 is 1.08 bits per heavy atom. The summed E-state index contributed by atoms with van der Waals surface area (Å²) in [7, 11) is -4.28. The summed E-state index contributed by atoms with van der Waals surface area (Å²) in [6.07, 6.45) is 2.13. The predicted octanol–water partition coefficient (Wildman–Crippen LogP) is 3.89. The van der Waals surface area contributed by atoms with Crippen molar-refractivity contribution in [2.75, 3.05) is 25.0 Å². The molecule has 2 aliphatic heterocycles. The highest BCUT2D eigenvalue weighted by atomic mass is 35.5. The topological polar surface area (TPSA) is 173 Å². The Morgan fingerprint density at radius 2 is 1.75 bits per heavy atom. The fraction of sp³-hybridized carbons (Fsp3) is 0.344. The van der Waals surface area contributed by atoms with Crippen LogP contribution in [0.1, 0.15) is 40.7 Å². The maximum absolute atomic E-state index is 13.9. The highest BCUT2D eigenvalue weighted by Gasteiger charge is 2.46. The van der Waals surface area contributed by atoms with Crippen molar-refractivity contribution in [2.24, 2.45) is 0 Å². The van der Waals surface area contributed by atoms with E-state index in [0.29, 0.717) is 37.2 Å². The smallest absolute Gasteiger partial charge is 0.326 e. The molecule has 252 valence electrons. The van der Waals surface area contributed by atoms with E-state index in [1.165, 1.54) is 36.7 Å². The number of carboxylic acid groups (broad SMARTS) is 1. The monoisotopic (exact) mass is 716 g/mol. The van der Waals surface area contributed by atoms with E-state index < -0.39 is 52.1 Å². The second-order valence-electron chi connectivity index (χ2n) is 11.6. The van der Waals surface area contributed by atoms with Crippen LogP contribution in [0.4, 0.5) is 10.1 Å². The number of sulfonamides is 1. The van der Waals surface area contributed by atoms with E-state index in [2.05, 4.69) is 15.6 Å². The predicted molar refractivity (Wildman–Crippen MR) is 175 cm³/mol. The Balaban J connectivity index is 1.32. The second-order valence-corrected chi connectivity index (χ2v) is 14.3. The number of aromatic nitrogens is 1. The number of hydrogen-bond donors (Lipinski definition) is 3. The number of amides is 2. The molecule has 2 fully saturated rings. The number of carbonyl (C=O) groups is 3. The third kappa shape index (κ3) is 7.94. The van der Waals surface area contributed by atoms with Gasteiger partial charge in [-0.2, -0.15) is 9.57 Å². The van der Waals surface area contributed by atoms with Gasteiger partial charge in [-0.1, -0.05) is 41.4 Å². The summed E-state index contributed by atoms with van der Waals surface area (Å²) < 4.78 is 42.6. The molecule has 0 unspecified atom stereocenters. The van der Waals surface area contributed by atoms with Crippen molar-refractivity contribution in [3.05, 3.63) is 87.7 Å². The van der Waals surface area contributed by atoms with Crippen LogP contribution in [-0.4, -0.2) is 89.4 Å². The van der Waals surface area contributed by atoms with Crippen molar-refractivity contribution >= 4 is 56.7 Å². The summed E-state index contributed by atoms with van der Waals surface area (Å²) in [6, 6.07) is 10.5. The SMILES string of the molecule is N#Cc1cccc(S(=O)(=O)N2C[C@H](N3CCC(F)CC3)C[C@H]2C(=O)N[C@@H](Cc2ccc(NC(=O)c3c(Cl)cncc3Cl)cc2)C(=O)O)c1. The van der Waals surface area contributed by atoms with Crippen LogP contribution in [0.25, 0.3) is 0 Å². The zero-order chi connectivity index (χ0) is 34.6. The molecule has 3 atom stereocenters. The van der Waals surface area contributed by atoms with Crippen molar-refractivity contribution < 1.29 is 32.3 Å². The number of hydrogen-bond acceptors (Lipinski definition) is 8.